The zero-order valence-corrected chi connectivity index (χ0v) is 11.1. The van der Waals surface area contributed by atoms with Gasteiger partial charge in [-0.2, -0.15) is 0 Å². The molecule has 1 aromatic carbocycles. The molecule has 2 atom stereocenters. The van der Waals surface area contributed by atoms with E-state index in [1.807, 2.05) is 23.7 Å². The third-order valence-corrected chi connectivity index (χ3v) is 3.71. The number of nitrogens with two attached hydrogens (primary N) is 1. The number of nitrogens with zero attached hydrogens (tertiary/aromatic N) is 3. The molecule has 0 bridgehead atoms. The average Bonchev–Trinajstić information content (AvgIpc) is 2.99. The molecule has 0 radical (unpaired) electrons. The van der Waals surface area contributed by atoms with E-state index in [9.17, 15) is 0 Å². The van der Waals surface area contributed by atoms with Gasteiger partial charge >= 0.3 is 0 Å². The summed E-state index contributed by atoms with van der Waals surface area (Å²) in [5.74, 6) is 0.880. The number of aryl methyl sites for hydroxylation is 1. The maximum absolute atomic E-state index is 5.97. The van der Waals surface area contributed by atoms with Crippen LogP contribution in [0.3, 0.4) is 0 Å². The van der Waals surface area contributed by atoms with Crippen LogP contribution in [0.5, 0.6) is 0 Å². The summed E-state index contributed by atoms with van der Waals surface area (Å²) in [6, 6.07) is 9.02. The molecule has 5 heteroatoms. The summed E-state index contributed by atoms with van der Waals surface area (Å²) in [5.41, 5.74) is 8.16. The van der Waals surface area contributed by atoms with E-state index < -0.39 is 0 Å². The van der Waals surface area contributed by atoms with Gasteiger partial charge in [0.15, 0.2) is 5.82 Å². The number of rotatable bonds is 3. The van der Waals surface area contributed by atoms with Crippen LogP contribution in [0.15, 0.2) is 30.6 Å². The SMILES string of the molecule is Cn1cnnc1-c1ccccc1NC1CCC(N)C1. The Bertz CT molecular complexity index is 562. The first-order chi connectivity index (χ1) is 9.24. The van der Waals surface area contributed by atoms with E-state index in [1.54, 1.807) is 6.33 Å². The third-order valence-electron chi connectivity index (χ3n) is 3.71. The summed E-state index contributed by atoms with van der Waals surface area (Å²) in [5, 5.41) is 11.7. The summed E-state index contributed by atoms with van der Waals surface area (Å²) >= 11 is 0. The van der Waals surface area contributed by atoms with Crippen molar-refractivity contribution in [3.05, 3.63) is 30.6 Å². The number of hydrogen-bond donors (Lipinski definition) is 2. The van der Waals surface area contributed by atoms with Crippen molar-refractivity contribution in [3.8, 4) is 11.4 Å². The molecule has 1 fully saturated rings. The molecule has 0 spiro atoms. The highest BCUT2D eigenvalue weighted by molar-refractivity contribution is 5.73. The summed E-state index contributed by atoms with van der Waals surface area (Å²) in [6.07, 6.45) is 4.99. The number of benzene rings is 1. The third kappa shape index (κ3) is 2.46. The fourth-order valence-electron chi connectivity index (χ4n) is 2.70. The normalized spacial score (nSPS) is 22.6. The molecule has 1 saturated carbocycles. The van der Waals surface area contributed by atoms with E-state index in [-0.39, 0.29) is 0 Å². The molecule has 1 heterocycles. The van der Waals surface area contributed by atoms with Gasteiger partial charge in [-0.05, 0) is 31.4 Å². The number of anilines is 1. The van der Waals surface area contributed by atoms with Crippen molar-refractivity contribution in [2.24, 2.45) is 12.8 Å². The Hall–Kier alpha value is -1.88. The molecule has 2 aromatic rings. The van der Waals surface area contributed by atoms with Gasteiger partial charge in [0.2, 0.25) is 0 Å². The summed E-state index contributed by atoms with van der Waals surface area (Å²) < 4.78 is 1.93. The second-order valence-corrected chi connectivity index (χ2v) is 5.23. The van der Waals surface area contributed by atoms with Crippen LogP contribution in [0.25, 0.3) is 11.4 Å². The van der Waals surface area contributed by atoms with Gasteiger partial charge < -0.3 is 15.6 Å². The fraction of sp³-hybridized carbons (Fsp3) is 0.429. The minimum absolute atomic E-state index is 0.333. The maximum atomic E-state index is 5.97. The number of hydrogen-bond acceptors (Lipinski definition) is 4. The first kappa shape index (κ1) is 12.2. The molecule has 100 valence electrons. The highest BCUT2D eigenvalue weighted by atomic mass is 15.2. The lowest BCUT2D eigenvalue weighted by Gasteiger charge is -2.17. The Balaban J connectivity index is 1.88. The van der Waals surface area contributed by atoms with Crippen molar-refractivity contribution in [1.82, 2.24) is 14.8 Å². The first-order valence-electron chi connectivity index (χ1n) is 6.69. The molecule has 1 aliphatic rings. The summed E-state index contributed by atoms with van der Waals surface area (Å²) in [6.45, 7) is 0. The fourth-order valence-corrected chi connectivity index (χ4v) is 2.70. The van der Waals surface area contributed by atoms with E-state index in [0.29, 0.717) is 12.1 Å². The van der Waals surface area contributed by atoms with E-state index in [0.717, 1.165) is 36.3 Å². The van der Waals surface area contributed by atoms with Crippen LogP contribution in [-0.2, 0) is 7.05 Å². The first-order valence-corrected chi connectivity index (χ1v) is 6.69. The Labute approximate surface area is 112 Å². The standard InChI is InChI=1S/C14H19N5/c1-19-9-16-18-14(19)12-4-2-3-5-13(12)17-11-7-6-10(15)8-11/h2-5,9-11,17H,6-8,15H2,1H3. The Morgan fingerprint density at radius 2 is 2.16 bits per heavy atom. The Kier molecular flexibility index (Phi) is 3.21. The molecular formula is C14H19N5. The molecule has 1 aliphatic carbocycles. The maximum Gasteiger partial charge on any atom is 0.165 e. The van der Waals surface area contributed by atoms with E-state index >= 15 is 0 Å². The molecule has 1 aromatic heterocycles. The highest BCUT2D eigenvalue weighted by Gasteiger charge is 2.22. The van der Waals surface area contributed by atoms with Crippen LogP contribution in [0.4, 0.5) is 5.69 Å². The quantitative estimate of drug-likeness (QED) is 0.879. The van der Waals surface area contributed by atoms with Gasteiger partial charge in [0.1, 0.15) is 6.33 Å². The molecule has 0 amide bonds. The van der Waals surface area contributed by atoms with Crippen LogP contribution < -0.4 is 11.1 Å². The molecule has 3 rings (SSSR count). The molecular weight excluding hydrogens is 238 g/mol. The van der Waals surface area contributed by atoms with Gasteiger partial charge in [0.25, 0.3) is 0 Å². The zero-order chi connectivity index (χ0) is 13.2. The van der Waals surface area contributed by atoms with Gasteiger partial charge in [-0.3, -0.25) is 0 Å². The molecule has 19 heavy (non-hydrogen) atoms. The van der Waals surface area contributed by atoms with Gasteiger partial charge in [-0.25, -0.2) is 0 Å². The van der Waals surface area contributed by atoms with Gasteiger partial charge in [-0.15, -0.1) is 10.2 Å². The van der Waals surface area contributed by atoms with Crippen molar-refractivity contribution in [3.63, 3.8) is 0 Å². The van der Waals surface area contributed by atoms with Crippen molar-refractivity contribution in [1.29, 1.82) is 0 Å². The zero-order valence-electron chi connectivity index (χ0n) is 11.1. The lowest BCUT2D eigenvalue weighted by Crippen LogP contribution is -2.21. The van der Waals surface area contributed by atoms with E-state index in [2.05, 4.69) is 27.6 Å². The van der Waals surface area contributed by atoms with Gasteiger partial charge in [-0.1, -0.05) is 12.1 Å². The molecule has 0 aliphatic heterocycles. The lowest BCUT2D eigenvalue weighted by atomic mass is 10.1. The summed E-state index contributed by atoms with van der Waals surface area (Å²) in [4.78, 5) is 0. The smallest absolute Gasteiger partial charge is 0.165 e. The minimum atomic E-state index is 0.333. The van der Waals surface area contributed by atoms with Crippen LogP contribution in [0.1, 0.15) is 19.3 Å². The van der Waals surface area contributed by atoms with Gasteiger partial charge in [0, 0.05) is 30.4 Å². The van der Waals surface area contributed by atoms with Crippen molar-refractivity contribution in [2.75, 3.05) is 5.32 Å². The Morgan fingerprint density at radius 1 is 1.32 bits per heavy atom. The van der Waals surface area contributed by atoms with Crippen LogP contribution in [0.2, 0.25) is 0 Å². The van der Waals surface area contributed by atoms with Gasteiger partial charge in [0.05, 0.1) is 0 Å². The van der Waals surface area contributed by atoms with Crippen LogP contribution in [0, 0.1) is 0 Å². The predicted octanol–water partition coefficient (Wildman–Crippen LogP) is 1.77. The topological polar surface area (TPSA) is 68.8 Å². The largest absolute Gasteiger partial charge is 0.382 e. The number of aromatic nitrogens is 3. The van der Waals surface area contributed by atoms with Crippen LogP contribution >= 0.6 is 0 Å². The van der Waals surface area contributed by atoms with E-state index in [1.165, 1.54) is 0 Å². The second kappa shape index (κ2) is 5.01. The van der Waals surface area contributed by atoms with E-state index in [4.69, 9.17) is 5.73 Å². The molecule has 0 saturated heterocycles. The van der Waals surface area contributed by atoms with Crippen molar-refractivity contribution >= 4 is 5.69 Å². The number of nitrogens with one attached hydrogen (secondary N) is 1. The lowest BCUT2D eigenvalue weighted by molar-refractivity contribution is 0.688. The second-order valence-electron chi connectivity index (χ2n) is 5.23. The predicted molar refractivity (Wildman–Crippen MR) is 75.7 cm³/mol. The monoisotopic (exact) mass is 257 g/mol. The molecule has 5 nitrogen and oxygen atoms in total. The number of para-hydroxylation sites is 1. The van der Waals surface area contributed by atoms with Crippen molar-refractivity contribution < 1.29 is 0 Å². The minimum Gasteiger partial charge on any atom is -0.382 e. The Morgan fingerprint density at radius 3 is 2.84 bits per heavy atom. The summed E-state index contributed by atoms with van der Waals surface area (Å²) in [7, 11) is 1.96. The average molecular weight is 257 g/mol. The van der Waals surface area contributed by atoms with Crippen LogP contribution in [-0.4, -0.2) is 26.8 Å². The highest BCUT2D eigenvalue weighted by Crippen LogP contribution is 2.29. The molecule has 2 unspecified atom stereocenters. The molecule has 3 N–H and O–H groups in total. The van der Waals surface area contributed by atoms with Crippen molar-refractivity contribution in [2.45, 2.75) is 31.3 Å².